The van der Waals surface area contributed by atoms with Crippen LogP contribution in [0.4, 0.5) is 11.4 Å². The van der Waals surface area contributed by atoms with Crippen LogP contribution in [0.15, 0.2) is 42.5 Å². The third-order valence-corrected chi connectivity index (χ3v) is 5.61. The fourth-order valence-electron chi connectivity index (χ4n) is 3.19. The van der Waals surface area contributed by atoms with Gasteiger partial charge in [0, 0.05) is 14.9 Å². The molecule has 1 aliphatic rings. The molecule has 5 heteroatoms. The molecule has 1 aliphatic heterocycles. The summed E-state index contributed by atoms with van der Waals surface area (Å²) >= 11 is 8.96. The van der Waals surface area contributed by atoms with E-state index < -0.39 is 11.4 Å². The Morgan fingerprint density at radius 2 is 1.92 bits per heavy atom. The van der Waals surface area contributed by atoms with Gasteiger partial charge < -0.3 is 9.64 Å². The standard InChI is InChI=1S/C20H21ClINO2/c1-4-25-20(24)19-18(21)16-11-14(22)7-10-17(16)23(19)15-8-5-13(6-9-15)12(2)3/h5-12,18-19H,4H2,1-3H3. The minimum absolute atomic E-state index is 0.290. The fourth-order valence-corrected chi connectivity index (χ4v) is 4.09. The first kappa shape index (κ1) is 18.5. The molecule has 0 fully saturated rings. The van der Waals surface area contributed by atoms with E-state index in [2.05, 4.69) is 60.7 Å². The maximum atomic E-state index is 12.6. The van der Waals surface area contributed by atoms with Crippen LogP contribution in [-0.2, 0) is 9.53 Å². The summed E-state index contributed by atoms with van der Waals surface area (Å²) < 4.78 is 6.40. The molecule has 0 aromatic heterocycles. The van der Waals surface area contributed by atoms with Crippen molar-refractivity contribution in [1.29, 1.82) is 0 Å². The van der Waals surface area contributed by atoms with Crippen LogP contribution in [0.25, 0.3) is 0 Å². The Hall–Kier alpha value is -1.27. The van der Waals surface area contributed by atoms with Crippen molar-refractivity contribution >= 4 is 51.5 Å². The number of nitrogens with zero attached hydrogens (tertiary/aromatic N) is 1. The number of esters is 1. The van der Waals surface area contributed by atoms with E-state index in [0.717, 1.165) is 20.5 Å². The predicted molar refractivity (Wildman–Crippen MR) is 111 cm³/mol. The Kier molecular flexibility index (Phi) is 5.58. The molecule has 0 radical (unpaired) electrons. The zero-order valence-corrected chi connectivity index (χ0v) is 17.4. The van der Waals surface area contributed by atoms with Gasteiger partial charge in [0.1, 0.15) is 0 Å². The lowest BCUT2D eigenvalue weighted by atomic mass is 10.0. The lowest BCUT2D eigenvalue weighted by Gasteiger charge is -2.27. The van der Waals surface area contributed by atoms with Crippen molar-refractivity contribution < 1.29 is 9.53 Å². The van der Waals surface area contributed by atoms with Crippen molar-refractivity contribution in [3.63, 3.8) is 0 Å². The van der Waals surface area contributed by atoms with E-state index in [-0.39, 0.29) is 5.97 Å². The summed E-state index contributed by atoms with van der Waals surface area (Å²) in [7, 11) is 0. The van der Waals surface area contributed by atoms with Crippen LogP contribution in [0.2, 0.25) is 0 Å². The summed E-state index contributed by atoms with van der Waals surface area (Å²) in [5.41, 5.74) is 4.16. The molecule has 0 bridgehead atoms. The van der Waals surface area contributed by atoms with Crippen molar-refractivity contribution in [1.82, 2.24) is 0 Å². The van der Waals surface area contributed by atoms with Gasteiger partial charge in [-0.05, 0) is 76.9 Å². The molecule has 0 N–H and O–H groups in total. The van der Waals surface area contributed by atoms with Crippen LogP contribution in [0.5, 0.6) is 0 Å². The van der Waals surface area contributed by atoms with Crippen molar-refractivity contribution in [2.45, 2.75) is 38.1 Å². The molecule has 3 nitrogen and oxygen atoms in total. The molecule has 0 saturated carbocycles. The highest BCUT2D eigenvalue weighted by Gasteiger charge is 2.43. The van der Waals surface area contributed by atoms with E-state index in [0.29, 0.717) is 12.5 Å². The Balaban J connectivity index is 2.07. The molecule has 0 saturated heterocycles. The zero-order chi connectivity index (χ0) is 18.1. The average Bonchev–Trinajstić information content (AvgIpc) is 2.87. The summed E-state index contributed by atoms with van der Waals surface area (Å²) in [6.45, 7) is 6.48. The first-order valence-electron chi connectivity index (χ1n) is 8.43. The number of benzene rings is 2. The molecule has 2 aromatic carbocycles. The summed E-state index contributed by atoms with van der Waals surface area (Å²) in [6, 6.07) is 13.9. The largest absolute Gasteiger partial charge is 0.464 e. The van der Waals surface area contributed by atoms with E-state index in [1.807, 2.05) is 30.0 Å². The number of fused-ring (bicyclic) bond motifs is 1. The van der Waals surface area contributed by atoms with Gasteiger partial charge in [-0.15, -0.1) is 11.6 Å². The van der Waals surface area contributed by atoms with Gasteiger partial charge in [-0.25, -0.2) is 4.79 Å². The van der Waals surface area contributed by atoms with Crippen LogP contribution < -0.4 is 4.90 Å². The van der Waals surface area contributed by atoms with Crippen LogP contribution in [0.3, 0.4) is 0 Å². The minimum atomic E-state index is -0.556. The summed E-state index contributed by atoms with van der Waals surface area (Å²) in [5, 5.41) is -0.437. The normalized spacial score (nSPS) is 19.2. The van der Waals surface area contributed by atoms with Gasteiger partial charge in [0.15, 0.2) is 6.04 Å². The molecule has 1 heterocycles. The van der Waals surface area contributed by atoms with E-state index >= 15 is 0 Å². The summed E-state index contributed by atoms with van der Waals surface area (Å²) in [6.07, 6.45) is 0. The first-order chi connectivity index (χ1) is 11.9. The number of hydrogen-bond donors (Lipinski definition) is 0. The molecule has 0 amide bonds. The Morgan fingerprint density at radius 3 is 2.52 bits per heavy atom. The quantitative estimate of drug-likeness (QED) is 0.323. The second kappa shape index (κ2) is 7.54. The Morgan fingerprint density at radius 1 is 1.24 bits per heavy atom. The number of hydrogen-bond acceptors (Lipinski definition) is 3. The molecule has 2 unspecified atom stereocenters. The third-order valence-electron chi connectivity index (χ3n) is 4.47. The predicted octanol–water partition coefficient (Wildman–Crippen LogP) is 5.78. The van der Waals surface area contributed by atoms with E-state index in [1.165, 1.54) is 5.56 Å². The van der Waals surface area contributed by atoms with Gasteiger partial charge in [0.25, 0.3) is 0 Å². The number of carbonyl (C=O) groups is 1. The molecule has 2 aromatic rings. The Bertz CT molecular complexity index is 776. The van der Waals surface area contributed by atoms with Gasteiger partial charge in [0.2, 0.25) is 0 Å². The lowest BCUT2D eigenvalue weighted by Crippen LogP contribution is -2.37. The highest BCUT2D eigenvalue weighted by atomic mass is 127. The number of alkyl halides is 1. The molecule has 2 atom stereocenters. The second-order valence-electron chi connectivity index (χ2n) is 6.42. The smallest absolute Gasteiger partial charge is 0.331 e. The Labute approximate surface area is 167 Å². The van der Waals surface area contributed by atoms with E-state index in [1.54, 1.807) is 0 Å². The van der Waals surface area contributed by atoms with Gasteiger partial charge in [-0.1, -0.05) is 26.0 Å². The van der Waals surface area contributed by atoms with Crippen molar-refractivity contribution in [3.05, 3.63) is 57.2 Å². The molecular weight excluding hydrogens is 449 g/mol. The van der Waals surface area contributed by atoms with Gasteiger partial charge >= 0.3 is 5.97 Å². The second-order valence-corrected chi connectivity index (χ2v) is 8.13. The van der Waals surface area contributed by atoms with Crippen LogP contribution in [0.1, 0.15) is 43.2 Å². The van der Waals surface area contributed by atoms with Crippen LogP contribution >= 0.6 is 34.2 Å². The topological polar surface area (TPSA) is 29.5 Å². The molecule has 0 aliphatic carbocycles. The number of rotatable bonds is 4. The molecular formula is C20H21ClINO2. The molecule has 132 valence electrons. The maximum absolute atomic E-state index is 12.6. The van der Waals surface area contributed by atoms with E-state index in [4.69, 9.17) is 16.3 Å². The van der Waals surface area contributed by atoms with Gasteiger partial charge in [0.05, 0.1) is 12.0 Å². The zero-order valence-electron chi connectivity index (χ0n) is 14.5. The minimum Gasteiger partial charge on any atom is -0.464 e. The summed E-state index contributed by atoms with van der Waals surface area (Å²) in [5.74, 6) is 0.171. The highest BCUT2D eigenvalue weighted by molar-refractivity contribution is 14.1. The average molecular weight is 470 g/mol. The van der Waals surface area contributed by atoms with Crippen molar-refractivity contribution in [2.75, 3.05) is 11.5 Å². The number of carbonyl (C=O) groups excluding carboxylic acids is 1. The number of halogens is 2. The molecule has 3 rings (SSSR count). The highest BCUT2D eigenvalue weighted by Crippen LogP contribution is 2.48. The number of ether oxygens (including phenoxy) is 1. The van der Waals surface area contributed by atoms with Crippen molar-refractivity contribution in [3.8, 4) is 0 Å². The first-order valence-corrected chi connectivity index (χ1v) is 9.95. The molecule has 0 spiro atoms. The molecule has 25 heavy (non-hydrogen) atoms. The number of anilines is 2. The van der Waals surface area contributed by atoms with Gasteiger partial charge in [-0.2, -0.15) is 0 Å². The van der Waals surface area contributed by atoms with Crippen LogP contribution in [0, 0.1) is 3.57 Å². The SMILES string of the molecule is CCOC(=O)C1C(Cl)c2cc(I)ccc2N1c1ccc(C(C)C)cc1. The van der Waals surface area contributed by atoms with Crippen LogP contribution in [-0.4, -0.2) is 18.6 Å². The summed E-state index contributed by atoms with van der Waals surface area (Å²) in [4.78, 5) is 14.6. The lowest BCUT2D eigenvalue weighted by molar-refractivity contribution is -0.144. The third kappa shape index (κ3) is 3.51. The maximum Gasteiger partial charge on any atom is 0.331 e. The fraction of sp³-hybridized carbons (Fsp3) is 0.350. The monoisotopic (exact) mass is 469 g/mol. The van der Waals surface area contributed by atoms with Gasteiger partial charge in [-0.3, -0.25) is 0 Å². The van der Waals surface area contributed by atoms with E-state index in [9.17, 15) is 4.79 Å². The van der Waals surface area contributed by atoms with Crippen molar-refractivity contribution in [2.24, 2.45) is 0 Å².